The third-order valence-corrected chi connectivity index (χ3v) is 10.5. The average molecular weight is 831 g/mol. The van der Waals surface area contributed by atoms with Crippen LogP contribution in [-0.2, 0) is 10.1 Å². The van der Waals surface area contributed by atoms with Crippen molar-refractivity contribution in [2.75, 3.05) is 28.4 Å². The number of rotatable bonds is 17. The van der Waals surface area contributed by atoms with Crippen molar-refractivity contribution in [1.29, 1.82) is 0 Å². The first-order chi connectivity index (χ1) is 29.0. The van der Waals surface area contributed by atoms with Gasteiger partial charge in [0.15, 0.2) is 51.6 Å². The van der Waals surface area contributed by atoms with Crippen molar-refractivity contribution in [2.45, 2.75) is 5.60 Å². The van der Waals surface area contributed by atoms with Crippen LogP contribution in [-0.4, -0.2) is 33.5 Å². The lowest BCUT2D eigenvalue weighted by Gasteiger charge is -2.37. The van der Waals surface area contributed by atoms with Gasteiger partial charge in [0.2, 0.25) is 0 Å². The van der Waals surface area contributed by atoms with E-state index in [2.05, 4.69) is 0 Å². The SMILES string of the molecule is COc1ccccc1OP(Oc1ccccc1OC)OC(c1ccccc1)(c1ccccc1)c1ccccc1O.COc1ccccc1OPOc1ccccc1OC. The number of ether oxygens (including phenoxy) is 4. The highest BCUT2D eigenvalue weighted by Gasteiger charge is 2.45. The maximum Gasteiger partial charge on any atom is 0.464 e. The molecule has 0 atom stereocenters. The van der Waals surface area contributed by atoms with Crippen LogP contribution in [0.3, 0.4) is 0 Å². The van der Waals surface area contributed by atoms with E-state index in [1.54, 1.807) is 64.8 Å². The van der Waals surface area contributed by atoms with Gasteiger partial charge in [-0.2, -0.15) is 0 Å². The molecule has 0 aliphatic rings. The van der Waals surface area contributed by atoms with Crippen molar-refractivity contribution in [3.63, 3.8) is 0 Å². The highest BCUT2D eigenvalue weighted by Crippen LogP contribution is 2.56. The topological polar surface area (TPSA) is 103 Å². The van der Waals surface area contributed by atoms with Crippen LogP contribution in [0.2, 0.25) is 0 Å². The molecule has 0 aliphatic carbocycles. The first-order valence-corrected chi connectivity index (χ1v) is 20.3. The van der Waals surface area contributed by atoms with Crippen LogP contribution >= 0.6 is 17.6 Å². The Morgan fingerprint density at radius 2 is 0.712 bits per heavy atom. The lowest BCUT2D eigenvalue weighted by Crippen LogP contribution is -2.32. The van der Waals surface area contributed by atoms with Gasteiger partial charge >= 0.3 is 8.60 Å². The Kier molecular flexibility index (Phi) is 15.3. The molecule has 7 aromatic rings. The Hall–Kier alpha value is -6.44. The van der Waals surface area contributed by atoms with E-state index >= 15 is 0 Å². The zero-order chi connectivity index (χ0) is 41.3. The molecule has 59 heavy (non-hydrogen) atoms. The molecule has 10 nitrogen and oxygen atoms in total. The number of aromatic hydroxyl groups is 1. The van der Waals surface area contributed by atoms with Gasteiger partial charge in [-0.05, 0) is 65.7 Å². The molecule has 0 unspecified atom stereocenters. The lowest BCUT2D eigenvalue weighted by molar-refractivity contribution is 0.132. The monoisotopic (exact) mass is 830 g/mol. The molecule has 12 heteroatoms. The number of phenolic OH excluding ortho intramolecular Hbond substituents is 1. The highest BCUT2D eigenvalue weighted by atomic mass is 31.2. The Balaban J connectivity index is 0.000000257. The van der Waals surface area contributed by atoms with Crippen LogP contribution in [0.15, 0.2) is 182 Å². The summed E-state index contributed by atoms with van der Waals surface area (Å²) in [5.74, 6) is 4.66. The number of para-hydroxylation sites is 9. The quantitative estimate of drug-likeness (QED) is 0.0705. The summed E-state index contributed by atoms with van der Waals surface area (Å²) >= 11 is 0. The third-order valence-electron chi connectivity index (χ3n) is 8.78. The van der Waals surface area contributed by atoms with Crippen molar-refractivity contribution in [1.82, 2.24) is 0 Å². The Labute approximate surface area is 347 Å². The molecule has 0 saturated carbocycles. The molecule has 0 spiro atoms. The van der Waals surface area contributed by atoms with E-state index in [0.29, 0.717) is 51.6 Å². The predicted octanol–water partition coefficient (Wildman–Crippen LogP) is 11.8. The summed E-state index contributed by atoms with van der Waals surface area (Å²) < 4.78 is 52.6. The van der Waals surface area contributed by atoms with Gasteiger partial charge in [-0.25, -0.2) is 0 Å². The second-order valence-electron chi connectivity index (χ2n) is 12.3. The summed E-state index contributed by atoms with van der Waals surface area (Å²) in [6.45, 7) is 0. The summed E-state index contributed by atoms with van der Waals surface area (Å²) in [5, 5.41) is 11.2. The molecule has 0 aromatic heterocycles. The average Bonchev–Trinajstić information content (AvgIpc) is 3.30. The summed E-state index contributed by atoms with van der Waals surface area (Å²) in [5.41, 5.74) is 0.779. The molecule has 0 radical (unpaired) electrons. The standard InChI is InChI=1S/C33H29O6P.C14H15O4P/c1-35-29-21-11-13-23-31(29)37-40(38-32-24-14-12-22-30(32)36-2)39-33(25-15-5-3-6-16-25,26-17-7-4-8-18-26)27-19-9-10-20-28(27)34;1-15-11-7-3-5-9-13(11)17-19-18-14-10-6-4-8-12(14)16-2/h3-24,34H,1-2H3;3-10,19H,1-2H3. The first kappa shape index (κ1) is 42.2. The van der Waals surface area contributed by atoms with Crippen molar-refractivity contribution in [2.24, 2.45) is 0 Å². The van der Waals surface area contributed by atoms with Crippen LogP contribution in [0.1, 0.15) is 16.7 Å². The van der Waals surface area contributed by atoms with Crippen molar-refractivity contribution < 1.29 is 46.7 Å². The Bertz CT molecular complexity index is 2210. The van der Waals surface area contributed by atoms with Gasteiger partial charge in [0.25, 0.3) is 9.03 Å². The molecule has 0 heterocycles. The van der Waals surface area contributed by atoms with E-state index < -0.39 is 14.2 Å². The van der Waals surface area contributed by atoms with Crippen LogP contribution in [0.5, 0.6) is 51.7 Å². The van der Waals surface area contributed by atoms with Gasteiger partial charge in [-0.15, -0.1) is 0 Å². The van der Waals surface area contributed by atoms with E-state index in [1.807, 2.05) is 146 Å². The maximum absolute atomic E-state index is 11.2. The Morgan fingerprint density at radius 1 is 0.390 bits per heavy atom. The van der Waals surface area contributed by atoms with E-state index in [4.69, 9.17) is 41.6 Å². The molecule has 302 valence electrons. The van der Waals surface area contributed by atoms with Crippen molar-refractivity contribution in [3.05, 3.63) is 199 Å². The summed E-state index contributed by atoms with van der Waals surface area (Å²) in [7, 11) is 3.99. The normalized spacial score (nSPS) is 10.7. The molecule has 0 bridgehead atoms. The highest BCUT2D eigenvalue weighted by molar-refractivity contribution is 7.42. The predicted molar refractivity (Wildman–Crippen MR) is 232 cm³/mol. The van der Waals surface area contributed by atoms with E-state index in [9.17, 15) is 5.11 Å². The van der Waals surface area contributed by atoms with Crippen molar-refractivity contribution >= 4 is 17.6 Å². The largest absolute Gasteiger partial charge is 0.508 e. The number of methoxy groups -OCH3 is 4. The fourth-order valence-electron chi connectivity index (χ4n) is 5.98. The van der Waals surface area contributed by atoms with Gasteiger partial charge in [-0.3, -0.25) is 4.52 Å². The third kappa shape index (κ3) is 10.6. The van der Waals surface area contributed by atoms with Crippen LogP contribution < -0.4 is 37.0 Å². The van der Waals surface area contributed by atoms with Gasteiger partial charge in [-0.1, -0.05) is 127 Å². The minimum atomic E-state index is -2.20. The number of phenols is 1. The van der Waals surface area contributed by atoms with Gasteiger partial charge in [0, 0.05) is 5.56 Å². The molecule has 7 rings (SSSR count). The van der Waals surface area contributed by atoms with Crippen LogP contribution in [0.4, 0.5) is 0 Å². The molecular formula is C47H44O10P2. The second kappa shape index (κ2) is 21.4. The van der Waals surface area contributed by atoms with Crippen LogP contribution in [0.25, 0.3) is 0 Å². The zero-order valence-corrected chi connectivity index (χ0v) is 34.8. The smallest absolute Gasteiger partial charge is 0.464 e. The van der Waals surface area contributed by atoms with Crippen LogP contribution in [0, 0.1) is 0 Å². The molecule has 0 aliphatic heterocycles. The van der Waals surface area contributed by atoms with E-state index in [0.717, 1.165) is 11.1 Å². The van der Waals surface area contributed by atoms with Gasteiger partial charge in [0.05, 0.1) is 28.4 Å². The molecular weight excluding hydrogens is 786 g/mol. The van der Waals surface area contributed by atoms with E-state index in [-0.39, 0.29) is 14.8 Å². The molecule has 0 fully saturated rings. The number of hydrogen-bond acceptors (Lipinski definition) is 10. The summed E-state index contributed by atoms with van der Waals surface area (Å²) in [6.07, 6.45) is 0. The number of benzene rings is 7. The van der Waals surface area contributed by atoms with E-state index in [1.165, 1.54) is 0 Å². The minimum Gasteiger partial charge on any atom is -0.508 e. The second-order valence-corrected chi connectivity index (χ2v) is 13.9. The zero-order valence-electron chi connectivity index (χ0n) is 32.9. The maximum atomic E-state index is 11.2. The molecule has 7 aromatic carbocycles. The molecule has 0 amide bonds. The number of hydrogen-bond donors (Lipinski definition) is 1. The fraction of sp³-hybridized carbons (Fsp3) is 0.106. The van der Waals surface area contributed by atoms with Gasteiger partial charge < -0.3 is 42.1 Å². The molecule has 1 N–H and O–H groups in total. The van der Waals surface area contributed by atoms with Gasteiger partial charge in [0.1, 0.15) is 5.75 Å². The lowest BCUT2D eigenvalue weighted by atomic mass is 9.80. The molecule has 0 saturated heterocycles. The summed E-state index contributed by atoms with van der Waals surface area (Å²) in [4.78, 5) is 0. The fourth-order valence-corrected chi connectivity index (χ4v) is 7.81. The minimum absolute atomic E-state index is 0.0692. The first-order valence-electron chi connectivity index (χ1n) is 18.4. The Morgan fingerprint density at radius 3 is 1.10 bits per heavy atom. The summed E-state index contributed by atoms with van der Waals surface area (Å²) in [6, 6.07) is 56.0. The van der Waals surface area contributed by atoms with Crippen molar-refractivity contribution in [3.8, 4) is 51.7 Å².